The molecule has 1 heterocycles. The maximum atomic E-state index is 12.4. The van der Waals surface area contributed by atoms with Crippen LogP contribution in [0.15, 0.2) is 48.5 Å². The van der Waals surface area contributed by atoms with Gasteiger partial charge in [-0.15, -0.1) is 0 Å². The number of rotatable bonds is 7. The maximum absolute atomic E-state index is 12.4. The van der Waals surface area contributed by atoms with Crippen LogP contribution in [0, 0.1) is 11.8 Å². The van der Waals surface area contributed by atoms with E-state index in [2.05, 4.69) is 34.9 Å². The van der Waals surface area contributed by atoms with Crippen molar-refractivity contribution < 1.29 is 29.0 Å². The lowest BCUT2D eigenvalue weighted by atomic mass is 9.79. The maximum Gasteiger partial charge on any atom is 0.407 e. The van der Waals surface area contributed by atoms with Gasteiger partial charge in [0.1, 0.15) is 6.61 Å². The van der Waals surface area contributed by atoms with Crippen molar-refractivity contribution in [3.05, 3.63) is 59.7 Å². The van der Waals surface area contributed by atoms with E-state index < -0.39 is 18.2 Å². The van der Waals surface area contributed by atoms with Crippen LogP contribution in [-0.2, 0) is 19.1 Å². The molecule has 2 aromatic rings. The van der Waals surface area contributed by atoms with Gasteiger partial charge >= 0.3 is 12.1 Å². The van der Waals surface area contributed by atoms with Gasteiger partial charge in [-0.2, -0.15) is 0 Å². The van der Waals surface area contributed by atoms with Gasteiger partial charge in [-0.3, -0.25) is 4.79 Å². The normalized spacial score (nSPS) is 25.1. The first-order chi connectivity index (χ1) is 16.5. The number of carboxylic acid groups (broad SMARTS) is 1. The van der Waals surface area contributed by atoms with Crippen molar-refractivity contribution in [1.82, 2.24) is 10.6 Å². The van der Waals surface area contributed by atoms with E-state index in [1.54, 1.807) is 0 Å². The van der Waals surface area contributed by atoms with Crippen LogP contribution >= 0.6 is 0 Å². The summed E-state index contributed by atoms with van der Waals surface area (Å²) in [5.41, 5.74) is 4.68. The molecule has 2 fully saturated rings. The van der Waals surface area contributed by atoms with Crippen molar-refractivity contribution in [3.8, 4) is 11.1 Å². The molecule has 0 spiro atoms. The number of carbonyl (C=O) groups excluding carboxylic acids is 2. The van der Waals surface area contributed by atoms with Crippen molar-refractivity contribution in [2.24, 2.45) is 11.8 Å². The molecule has 1 saturated carbocycles. The topological polar surface area (TPSA) is 114 Å². The molecule has 8 heteroatoms. The largest absolute Gasteiger partial charge is 0.479 e. The lowest BCUT2D eigenvalue weighted by molar-refractivity contribution is -0.149. The Bertz CT molecular complexity index is 1050. The molecule has 2 atom stereocenters. The molecule has 3 aliphatic rings. The number of amides is 2. The first kappa shape index (κ1) is 22.4. The second-order valence-corrected chi connectivity index (χ2v) is 9.26. The molecule has 2 aromatic carbocycles. The minimum atomic E-state index is -0.993. The smallest absolute Gasteiger partial charge is 0.407 e. The summed E-state index contributed by atoms with van der Waals surface area (Å²) in [6, 6.07) is 16.3. The van der Waals surface area contributed by atoms with Crippen LogP contribution in [0.25, 0.3) is 11.1 Å². The predicted octanol–water partition coefficient (Wildman–Crippen LogP) is 2.91. The summed E-state index contributed by atoms with van der Waals surface area (Å²) in [4.78, 5) is 36.0. The molecule has 0 unspecified atom stereocenters. The van der Waals surface area contributed by atoms with E-state index in [9.17, 15) is 14.4 Å². The fraction of sp³-hybridized carbons (Fsp3) is 0.423. The summed E-state index contributed by atoms with van der Waals surface area (Å²) in [5, 5.41) is 14.8. The van der Waals surface area contributed by atoms with Gasteiger partial charge in [0.05, 0.1) is 0 Å². The molecule has 2 amide bonds. The van der Waals surface area contributed by atoms with Crippen LogP contribution in [-0.4, -0.2) is 55.0 Å². The Morgan fingerprint density at radius 1 is 1.00 bits per heavy atom. The number of hydrogen-bond donors (Lipinski definition) is 3. The Balaban J connectivity index is 1.06. The molecule has 5 rings (SSSR count). The zero-order valence-electron chi connectivity index (χ0n) is 18.7. The van der Waals surface area contributed by atoms with Gasteiger partial charge in [0.15, 0.2) is 6.10 Å². The van der Waals surface area contributed by atoms with E-state index in [0.717, 1.165) is 11.1 Å². The van der Waals surface area contributed by atoms with E-state index in [1.165, 1.54) is 11.1 Å². The van der Waals surface area contributed by atoms with Crippen LogP contribution in [0.3, 0.4) is 0 Å². The summed E-state index contributed by atoms with van der Waals surface area (Å²) in [7, 11) is 0. The third-order valence-electron chi connectivity index (χ3n) is 7.17. The van der Waals surface area contributed by atoms with Gasteiger partial charge in [0, 0.05) is 36.9 Å². The van der Waals surface area contributed by atoms with Crippen LogP contribution in [0.2, 0.25) is 0 Å². The fourth-order valence-electron chi connectivity index (χ4n) is 5.25. The second kappa shape index (κ2) is 9.46. The number of aliphatic carboxylic acids is 1. The summed E-state index contributed by atoms with van der Waals surface area (Å²) < 4.78 is 10.8. The third kappa shape index (κ3) is 4.37. The Kier molecular flexibility index (Phi) is 6.24. The van der Waals surface area contributed by atoms with Gasteiger partial charge in [-0.25, -0.2) is 9.59 Å². The zero-order valence-corrected chi connectivity index (χ0v) is 18.7. The van der Waals surface area contributed by atoms with Crippen molar-refractivity contribution in [3.63, 3.8) is 0 Å². The Morgan fingerprint density at radius 2 is 1.65 bits per heavy atom. The number of hydrogen-bond acceptors (Lipinski definition) is 5. The van der Waals surface area contributed by atoms with E-state index in [1.807, 2.05) is 24.3 Å². The molecular weight excluding hydrogens is 436 g/mol. The lowest BCUT2D eigenvalue weighted by Crippen LogP contribution is -2.50. The van der Waals surface area contributed by atoms with Gasteiger partial charge < -0.3 is 25.2 Å². The van der Waals surface area contributed by atoms with Crippen LogP contribution in [0.5, 0.6) is 0 Å². The summed E-state index contributed by atoms with van der Waals surface area (Å²) in [6.45, 7) is 0.939. The molecular formula is C26H28N2O6. The minimum absolute atomic E-state index is 0.00672. The minimum Gasteiger partial charge on any atom is -0.479 e. The fourth-order valence-corrected chi connectivity index (χ4v) is 5.25. The highest BCUT2D eigenvalue weighted by molar-refractivity contribution is 5.81. The molecule has 34 heavy (non-hydrogen) atoms. The number of carboxylic acids is 1. The number of benzene rings is 2. The monoisotopic (exact) mass is 464 g/mol. The number of alkyl carbamates (subject to hydrolysis) is 1. The van der Waals surface area contributed by atoms with Gasteiger partial charge in [0.2, 0.25) is 5.91 Å². The van der Waals surface area contributed by atoms with E-state index >= 15 is 0 Å². The highest BCUT2D eigenvalue weighted by Gasteiger charge is 2.38. The SMILES string of the molecule is O=C(NC1CC(C(=O)NC[C@H]2CCO[C@H]2C(=O)O)C1)OCC1c2ccccc2-c2ccccc21. The number of ether oxygens (including phenoxy) is 2. The Hall–Kier alpha value is -3.39. The van der Waals surface area contributed by atoms with Crippen molar-refractivity contribution in [2.75, 3.05) is 19.8 Å². The van der Waals surface area contributed by atoms with Crippen molar-refractivity contribution >= 4 is 18.0 Å². The molecule has 1 aliphatic heterocycles. The average molecular weight is 465 g/mol. The number of nitrogens with one attached hydrogen (secondary N) is 2. The molecule has 0 radical (unpaired) electrons. The average Bonchev–Trinajstić information content (AvgIpc) is 3.41. The highest BCUT2D eigenvalue weighted by atomic mass is 16.5. The molecule has 1 saturated heterocycles. The van der Waals surface area contributed by atoms with Crippen LogP contribution < -0.4 is 10.6 Å². The quantitative estimate of drug-likeness (QED) is 0.581. The first-order valence-electron chi connectivity index (χ1n) is 11.7. The predicted molar refractivity (Wildman–Crippen MR) is 123 cm³/mol. The zero-order chi connectivity index (χ0) is 23.7. The molecule has 8 nitrogen and oxygen atoms in total. The number of carbonyl (C=O) groups is 3. The van der Waals surface area contributed by atoms with Crippen molar-refractivity contribution in [1.29, 1.82) is 0 Å². The Labute approximate surface area is 197 Å². The van der Waals surface area contributed by atoms with Gasteiger partial charge in [0.25, 0.3) is 0 Å². The van der Waals surface area contributed by atoms with Crippen LogP contribution in [0.1, 0.15) is 36.3 Å². The summed E-state index contributed by atoms with van der Waals surface area (Å²) in [6.07, 6.45) is 0.371. The van der Waals surface area contributed by atoms with E-state index in [0.29, 0.717) is 25.9 Å². The summed E-state index contributed by atoms with van der Waals surface area (Å²) in [5.74, 6) is -1.50. The lowest BCUT2D eigenvalue weighted by Gasteiger charge is -2.34. The second-order valence-electron chi connectivity index (χ2n) is 9.26. The van der Waals surface area contributed by atoms with Gasteiger partial charge in [-0.05, 0) is 41.5 Å². The first-order valence-corrected chi connectivity index (χ1v) is 11.7. The van der Waals surface area contributed by atoms with Gasteiger partial charge in [-0.1, -0.05) is 48.5 Å². The molecule has 3 N–H and O–H groups in total. The molecule has 0 aromatic heterocycles. The molecule has 2 aliphatic carbocycles. The Morgan fingerprint density at radius 3 is 2.29 bits per heavy atom. The summed E-state index contributed by atoms with van der Waals surface area (Å²) >= 11 is 0. The molecule has 178 valence electrons. The van der Waals surface area contributed by atoms with E-state index in [-0.39, 0.29) is 42.9 Å². The number of fused-ring (bicyclic) bond motifs is 3. The highest BCUT2D eigenvalue weighted by Crippen LogP contribution is 2.44. The van der Waals surface area contributed by atoms with Crippen molar-refractivity contribution in [2.45, 2.75) is 37.3 Å². The standard InChI is InChI=1S/C26H28N2O6/c29-24(27-13-15-9-10-33-23(15)25(30)31)16-11-17(12-16)28-26(32)34-14-22-20-7-3-1-5-18(20)19-6-2-4-8-21(19)22/h1-8,15-17,22-23H,9-14H2,(H,27,29)(H,28,32)(H,30,31)/t15-,16?,17?,23-/m1/s1. The van der Waals surface area contributed by atoms with Crippen LogP contribution in [0.4, 0.5) is 4.79 Å². The molecule has 0 bridgehead atoms. The third-order valence-corrected chi connectivity index (χ3v) is 7.17. The van der Waals surface area contributed by atoms with E-state index in [4.69, 9.17) is 14.6 Å².